The van der Waals surface area contributed by atoms with Gasteiger partial charge in [-0.2, -0.15) is 11.8 Å². The SMILES string of the molecule is COC(=O)/C=C/NC(C)C(CO)SC. The van der Waals surface area contributed by atoms with E-state index in [4.69, 9.17) is 5.11 Å². The largest absolute Gasteiger partial charge is 0.466 e. The Morgan fingerprint density at radius 1 is 1.71 bits per heavy atom. The highest BCUT2D eigenvalue weighted by Gasteiger charge is 2.12. The molecule has 0 aliphatic rings. The fourth-order valence-electron chi connectivity index (χ4n) is 0.880. The second-order valence-electron chi connectivity index (χ2n) is 2.77. The van der Waals surface area contributed by atoms with Crippen LogP contribution < -0.4 is 5.32 Å². The molecule has 14 heavy (non-hydrogen) atoms. The molecule has 0 spiro atoms. The van der Waals surface area contributed by atoms with E-state index in [1.807, 2.05) is 13.2 Å². The molecule has 0 heterocycles. The molecule has 0 fully saturated rings. The van der Waals surface area contributed by atoms with Crippen LogP contribution in [-0.4, -0.2) is 42.3 Å². The average Bonchev–Trinajstić information content (AvgIpc) is 2.19. The summed E-state index contributed by atoms with van der Waals surface area (Å²) in [7, 11) is 1.33. The lowest BCUT2D eigenvalue weighted by atomic mass is 10.2. The Bertz CT molecular complexity index is 192. The maximum atomic E-state index is 10.7. The predicted molar refractivity (Wildman–Crippen MR) is 58.1 cm³/mol. The van der Waals surface area contributed by atoms with Crippen LogP contribution in [0.4, 0.5) is 0 Å². The smallest absolute Gasteiger partial charge is 0.331 e. The summed E-state index contributed by atoms with van der Waals surface area (Å²) >= 11 is 1.58. The van der Waals surface area contributed by atoms with Gasteiger partial charge in [-0.25, -0.2) is 4.79 Å². The minimum atomic E-state index is -0.394. The van der Waals surface area contributed by atoms with Crippen molar-refractivity contribution in [2.75, 3.05) is 20.0 Å². The first kappa shape index (κ1) is 13.3. The normalized spacial score (nSPS) is 15.1. The molecule has 2 unspecified atom stereocenters. The number of ether oxygens (including phenoxy) is 1. The summed E-state index contributed by atoms with van der Waals surface area (Å²) in [6.45, 7) is 2.06. The molecule has 82 valence electrons. The molecule has 2 atom stereocenters. The second kappa shape index (κ2) is 7.70. The Kier molecular flexibility index (Phi) is 7.32. The number of aliphatic hydroxyl groups is 1. The molecule has 0 rings (SSSR count). The van der Waals surface area contributed by atoms with Gasteiger partial charge in [-0.05, 0) is 13.2 Å². The molecule has 0 aromatic rings. The van der Waals surface area contributed by atoms with Gasteiger partial charge in [-0.15, -0.1) is 0 Å². The first-order valence-electron chi connectivity index (χ1n) is 4.29. The first-order valence-corrected chi connectivity index (χ1v) is 5.58. The van der Waals surface area contributed by atoms with Gasteiger partial charge in [0.15, 0.2) is 0 Å². The number of esters is 1. The predicted octanol–water partition coefficient (Wildman–Crippen LogP) is 0.375. The molecule has 0 aliphatic heterocycles. The molecule has 0 radical (unpaired) electrons. The molecule has 0 aliphatic carbocycles. The van der Waals surface area contributed by atoms with Gasteiger partial charge in [0.25, 0.3) is 0 Å². The van der Waals surface area contributed by atoms with Crippen molar-refractivity contribution in [3.05, 3.63) is 12.3 Å². The topological polar surface area (TPSA) is 58.6 Å². The van der Waals surface area contributed by atoms with E-state index in [0.717, 1.165) is 0 Å². The second-order valence-corrected chi connectivity index (χ2v) is 3.85. The van der Waals surface area contributed by atoms with Crippen molar-refractivity contribution in [3.8, 4) is 0 Å². The zero-order valence-electron chi connectivity index (χ0n) is 8.69. The summed E-state index contributed by atoms with van der Waals surface area (Å²) in [4.78, 5) is 10.7. The van der Waals surface area contributed by atoms with Crippen molar-refractivity contribution >= 4 is 17.7 Å². The van der Waals surface area contributed by atoms with Crippen LogP contribution in [0.5, 0.6) is 0 Å². The van der Waals surface area contributed by atoms with Gasteiger partial charge in [-0.1, -0.05) is 0 Å². The lowest BCUT2D eigenvalue weighted by Crippen LogP contribution is -2.34. The highest BCUT2D eigenvalue weighted by Crippen LogP contribution is 2.09. The van der Waals surface area contributed by atoms with Crippen LogP contribution in [0.15, 0.2) is 12.3 Å². The summed E-state index contributed by atoms with van der Waals surface area (Å²) in [5, 5.41) is 12.1. The van der Waals surface area contributed by atoms with Gasteiger partial charge in [0.1, 0.15) is 0 Å². The number of carbonyl (C=O) groups excluding carboxylic acids is 1. The van der Waals surface area contributed by atoms with E-state index in [2.05, 4.69) is 10.1 Å². The lowest BCUT2D eigenvalue weighted by Gasteiger charge is -2.19. The van der Waals surface area contributed by atoms with Gasteiger partial charge >= 0.3 is 5.97 Å². The van der Waals surface area contributed by atoms with Gasteiger partial charge in [0.2, 0.25) is 0 Å². The third-order valence-corrected chi connectivity index (χ3v) is 2.98. The molecule has 0 aromatic heterocycles. The zero-order valence-corrected chi connectivity index (χ0v) is 9.50. The number of hydrogen-bond donors (Lipinski definition) is 2. The van der Waals surface area contributed by atoms with Gasteiger partial charge in [0.05, 0.1) is 13.7 Å². The third-order valence-electron chi connectivity index (χ3n) is 1.82. The lowest BCUT2D eigenvalue weighted by molar-refractivity contribution is -0.134. The van der Waals surface area contributed by atoms with Crippen LogP contribution in [0.2, 0.25) is 0 Å². The summed E-state index contributed by atoms with van der Waals surface area (Å²) < 4.78 is 4.42. The maximum absolute atomic E-state index is 10.7. The zero-order chi connectivity index (χ0) is 11.0. The molecule has 0 saturated heterocycles. The highest BCUT2D eigenvalue weighted by molar-refractivity contribution is 7.99. The van der Waals surface area contributed by atoms with Crippen molar-refractivity contribution in [2.24, 2.45) is 0 Å². The van der Waals surface area contributed by atoms with Crippen LogP contribution in [0.25, 0.3) is 0 Å². The Labute approximate surface area is 88.7 Å². The van der Waals surface area contributed by atoms with E-state index in [9.17, 15) is 4.79 Å². The average molecular weight is 219 g/mol. The quantitative estimate of drug-likeness (QED) is 0.499. The summed E-state index contributed by atoms with van der Waals surface area (Å²) in [5.41, 5.74) is 0. The number of rotatable bonds is 6. The molecular weight excluding hydrogens is 202 g/mol. The van der Waals surface area contributed by atoms with E-state index in [1.165, 1.54) is 19.4 Å². The molecular formula is C9H17NO3S. The van der Waals surface area contributed by atoms with Crippen LogP contribution in [-0.2, 0) is 9.53 Å². The Morgan fingerprint density at radius 3 is 2.79 bits per heavy atom. The van der Waals surface area contributed by atoms with Crippen LogP contribution in [0.3, 0.4) is 0 Å². The number of thioether (sulfide) groups is 1. The van der Waals surface area contributed by atoms with Crippen molar-refractivity contribution in [3.63, 3.8) is 0 Å². The number of aliphatic hydroxyl groups excluding tert-OH is 1. The number of nitrogens with one attached hydrogen (secondary N) is 1. The Hall–Kier alpha value is -0.680. The number of methoxy groups -OCH3 is 1. The minimum Gasteiger partial charge on any atom is -0.466 e. The fraction of sp³-hybridized carbons (Fsp3) is 0.667. The molecule has 0 saturated carbocycles. The van der Waals surface area contributed by atoms with Crippen molar-refractivity contribution < 1.29 is 14.6 Å². The van der Waals surface area contributed by atoms with Crippen LogP contribution in [0, 0.1) is 0 Å². The minimum absolute atomic E-state index is 0.107. The van der Waals surface area contributed by atoms with E-state index in [1.54, 1.807) is 11.8 Å². The molecule has 0 amide bonds. The summed E-state index contributed by atoms with van der Waals surface area (Å²) in [5.74, 6) is -0.394. The third kappa shape index (κ3) is 5.14. The molecule has 0 bridgehead atoms. The maximum Gasteiger partial charge on any atom is 0.331 e. The number of carbonyl (C=O) groups is 1. The highest BCUT2D eigenvalue weighted by atomic mass is 32.2. The van der Waals surface area contributed by atoms with Crippen molar-refractivity contribution in [2.45, 2.75) is 18.2 Å². The monoisotopic (exact) mass is 219 g/mol. The van der Waals surface area contributed by atoms with E-state index >= 15 is 0 Å². The standard InChI is InChI=1S/C9H17NO3S/c1-7(8(6-11)14-3)10-5-4-9(12)13-2/h4-5,7-8,10-11H,6H2,1-3H3/b5-4+. The Balaban J connectivity index is 3.87. The summed E-state index contributed by atoms with van der Waals surface area (Å²) in [6, 6.07) is 0.107. The molecule has 4 nitrogen and oxygen atoms in total. The van der Waals surface area contributed by atoms with Gasteiger partial charge in [-0.3, -0.25) is 0 Å². The van der Waals surface area contributed by atoms with Gasteiger partial charge < -0.3 is 15.2 Å². The Morgan fingerprint density at radius 2 is 2.36 bits per heavy atom. The molecule has 2 N–H and O–H groups in total. The fourth-order valence-corrected chi connectivity index (χ4v) is 1.52. The van der Waals surface area contributed by atoms with E-state index in [0.29, 0.717) is 0 Å². The van der Waals surface area contributed by atoms with Gasteiger partial charge in [0, 0.05) is 23.6 Å². The van der Waals surface area contributed by atoms with Crippen molar-refractivity contribution in [1.82, 2.24) is 5.32 Å². The van der Waals surface area contributed by atoms with E-state index in [-0.39, 0.29) is 17.9 Å². The van der Waals surface area contributed by atoms with E-state index < -0.39 is 5.97 Å². The van der Waals surface area contributed by atoms with Crippen LogP contribution in [0.1, 0.15) is 6.92 Å². The number of hydrogen-bond acceptors (Lipinski definition) is 5. The van der Waals surface area contributed by atoms with Crippen molar-refractivity contribution in [1.29, 1.82) is 0 Å². The molecule has 0 aromatic carbocycles. The first-order chi connectivity index (χ1) is 6.65. The van der Waals surface area contributed by atoms with Crippen LogP contribution >= 0.6 is 11.8 Å². The molecule has 5 heteroatoms. The summed E-state index contributed by atoms with van der Waals surface area (Å²) in [6.07, 6.45) is 4.78.